The van der Waals surface area contributed by atoms with E-state index in [1.807, 2.05) is 69.2 Å². The summed E-state index contributed by atoms with van der Waals surface area (Å²) < 4.78 is 43.6. The van der Waals surface area contributed by atoms with E-state index < -0.39 is 45.9 Å². The number of aliphatic hydroxyl groups is 1. The smallest absolute Gasteiger partial charge is 0.347 e. The molecule has 11 aliphatic carbocycles. The Kier molecular flexibility index (Phi) is 23.6. The lowest BCUT2D eigenvalue weighted by molar-refractivity contribution is -0.225. The van der Waals surface area contributed by atoms with Crippen molar-refractivity contribution in [3.8, 4) is 0 Å². The van der Waals surface area contributed by atoms with Crippen LogP contribution in [0.1, 0.15) is 285 Å². The van der Waals surface area contributed by atoms with E-state index in [-0.39, 0.29) is 94.0 Å². The largest absolute Gasteiger partial charge is 0.463 e. The van der Waals surface area contributed by atoms with E-state index in [0.29, 0.717) is 56.0 Å². The minimum absolute atomic E-state index is 0.00636. The van der Waals surface area contributed by atoms with Crippen LogP contribution in [0.3, 0.4) is 0 Å². The molecule has 10 bridgehead atoms. The van der Waals surface area contributed by atoms with Crippen molar-refractivity contribution in [1.29, 1.82) is 0 Å². The zero-order valence-corrected chi connectivity index (χ0v) is 59.2. The third-order valence-corrected chi connectivity index (χ3v) is 24.7. The average molecular weight is 1280 g/mol. The molecule has 0 radical (unpaired) electrons. The molecule has 13 rings (SSSR count). The van der Waals surface area contributed by atoms with E-state index in [2.05, 4.69) is 20.8 Å². The summed E-state index contributed by atoms with van der Waals surface area (Å²) in [6.07, 6.45) is 24.6. The zero-order valence-electron chi connectivity index (χ0n) is 59.2. The van der Waals surface area contributed by atoms with Crippen LogP contribution in [0.5, 0.6) is 0 Å². The molecule has 17 heteroatoms. The second-order valence-electron chi connectivity index (χ2n) is 33.2. The van der Waals surface area contributed by atoms with Crippen LogP contribution in [-0.4, -0.2) is 107 Å². The van der Waals surface area contributed by atoms with Crippen LogP contribution in [0.2, 0.25) is 0 Å². The van der Waals surface area contributed by atoms with Gasteiger partial charge in [-0.25, -0.2) is 9.59 Å². The molecule has 2 heterocycles. The van der Waals surface area contributed by atoms with Gasteiger partial charge in [-0.2, -0.15) is 0 Å². The van der Waals surface area contributed by atoms with Gasteiger partial charge in [0, 0.05) is 24.7 Å². The van der Waals surface area contributed by atoms with Crippen LogP contribution < -0.4 is 0 Å². The van der Waals surface area contributed by atoms with Gasteiger partial charge in [0.05, 0.1) is 45.2 Å². The van der Waals surface area contributed by atoms with Crippen molar-refractivity contribution in [2.24, 2.45) is 80.3 Å². The first-order chi connectivity index (χ1) is 42.4. The highest BCUT2D eigenvalue weighted by atomic mass is 16.6. The molecule has 0 aromatic heterocycles. The molecule has 0 amide bonds. The van der Waals surface area contributed by atoms with Gasteiger partial charge in [-0.05, 0) is 252 Å². The van der Waals surface area contributed by atoms with Gasteiger partial charge in [-0.1, -0.05) is 54.9 Å². The van der Waals surface area contributed by atoms with Gasteiger partial charge in [-0.15, -0.1) is 0 Å². The molecule has 518 valence electrons. The molecule has 17 nitrogen and oxygen atoms in total. The number of hydrogen-bond acceptors (Lipinski definition) is 17. The molecular formula is C74H120O17. The summed E-state index contributed by atoms with van der Waals surface area (Å²) in [5.74, 6) is 2.67. The highest BCUT2D eigenvalue weighted by Crippen LogP contribution is 2.62. The van der Waals surface area contributed by atoms with Gasteiger partial charge in [-0.3, -0.25) is 28.8 Å². The van der Waals surface area contributed by atoms with Crippen molar-refractivity contribution in [3.05, 3.63) is 0 Å². The predicted molar refractivity (Wildman–Crippen MR) is 343 cm³/mol. The molecule has 0 aromatic rings. The number of rotatable bonds is 19. The molecule has 13 aliphatic rings. The van der Waals surface area contributed by atoms with Crippen LogP contribution in [0.15, 0.2) is 0 Å². The van der Waals surface area contributed by atoms with Crippen LogP contribution in [0.25, 0.3) is 0 Å². The average Bonchev–Trinajstić information content (AvgIpc) is 1.70. The summed E-state index contributed by atoms with van der Waals surface area (Å²) in [6.45, 7) is 33.3. The lowest BCUT2D eigenvalue weighted by atomic mass is 9.49. The lowest BCUT2D eigenvalue weighted by Crippen LogP contribution is -2.61. The fraction of sp³-hybridized carbons (Fsp3) is 0.892. The zero-order chi connectivity index (χ0) is 67.5. The van der Waals surface area contributed by atoms with Crippen LogP contribution in [0.4, 0.5) is 0 Å². The van der Waals surface area contributed by atoms with E-state index in [4.69, 9.17) is 37.9 Å². The molecule has 0 spiro atoms. The maximum absolute atomic E-state index is 12.6. The number of carbonyl (C=O) groups excluding carboxylic acids is 8. The number of hydrogen-bond donors (Lipinski definition) is 1. The summed E-state index contributed by atoms with van der Waals surface area (Å²) in [4.78, 5) is 95.1. The monoisotopic (exact) mass is 1280 g/mol. The van der Waals surface area contributed by atoms with Gasteiger partial charge in [0.25, 0.3) is 0 Å². The number of fused-ring (bicyclic) bond motifs is 1. The highest BCUT2D eigenvalue weighted by molar-refractivity contribution is 5.83. The molecule has 11 saturated carbocycles. The Balaban J connectivity index is 0.000000163. The number of ether oxygens (including phenoxy) is 8. The van der Waals surface area contributed by atoms with Crippen molar-refractivity contribution in [3.63, 3.8) is 0 Å². The molecule has 0 aromatic carbocycles. The maximum Gasteiger partial charge on any atom is 0.347 e. The molecule has 8 atom stereocenters. The molecular weight excluding hydrogens is 1160 g/mol. The van der Waals surface area contributed by atoms with Crippen molar-refractivity contribution < 1.29 is 81.4 Å². The fourth-order valence-corrected chi connectivity index (χ4v) is 16.9. The summed E-state index contributed by atoms with van der Waals surface area (Å²) >= 11 is 0. The highest BCUT2D eigenvalue weighted by Gasteiger charge is 2.64. The minimum Gasteiger partial charge on any atom is -0.463 e. The summed E-state index contributed by atoms with van der Waals surface area (Å²) in [5.41, 5.74) is -3.41. The Labute approximate surface area is 545 Å². The number of esters is 8. The third kappa shape index (κ3) is 16.9. The molecule has 8 unspecified atom stereocenters. The fourth-order valence-electron chi connectivity index (χ4n) is 16.9. The second-order valence-corrected chi connectivity index (χ2v) is 33.2. The van der Waals surface area contributed by atoms with E-state index in [1.165, 1.54) is 57.8 Å². The predicted octanol–water partition coefficient (Wildman–Crippen LogP) is 14.4. The van der Waals surface area contributed by atoms with Gasteiger partial charge in [0.2, 0.25) is 6.10 Å². The second kappa shape index (κ2) is 29.0. The lowest BCUT2D eigenvalue weighted by Gasteiger charge is -2.60. The normalized spacial score (nSPS) is 34.2. The Bertz CT molecular complexity index is 2540. The first-order valence-electron chi connectivity index (χ1n) is 35.8. The van der Waals surface area contributed by atoms with Crippen molar-refractivity contribution in [2.75, 3.05) is 13.2 Å². The standard InChI is InChI=1S/C18H30O2.C16H22O6.C16H26O3.C14H26O2.C10H16O4/c1-5-17(3,4)16(19)20-18(6-2)14-8-12-7-13(10-14)11-15(18)9-12;1-4-16(2,3)15(19)20-7-11(17)21-12-8-5-9-10(6-8)14(18)22-13(9)12;1-4-14(2,3)13(17)19-16-8-11-5-12(9-16)7-15(18,6-11)10-16;1-5-13(3,4)12(15)16-14(6-2)10-8-7-9-11-14;1-4-10(2,3)9(12)14-7-5-6-13-8(7)11/h12-15H,5-11H2,1-4H3;8-10,12-13H,4-7H2,1-3H3;11-12,18H,4-10H2,1-3H3;5-11H2,1-4H3;7H,4-6H2,1-3H3. The van der Waals surface area contributed by atoms with E-state index in [9.17, 15) is 43.5 Å². The molecule has 2 aliphatic heterocycles. The SMILES string of the molecule is CCC(C)(C)C(=O)OC1(CC)C2CC3CC(C2)CC1C3.CCC(C)(C)C(=O)OC12CC3CC(CC(O)(C3)C1)C2.CCC(C)(C)C(=O)OC1CCOC1=O.CCC(C)(C)C(=O)OCC(=O)OC1C2CC3C(=O)OC1C3C2.CCC1(OC(=O)C(C)(C)CC)CCCCC1. The van der Waals surface area contributed by atoms with Crippen molar-refractivity contribution in [1.82, 2.24) is 0 Å². The summed E-state index contributed by atoms with van der Waals surface area (Å²) in [6, 6.07) is 0. The van der Waals surface area contributed by atoms with Gasteiger partial charge in [0.1, 0.15) is 29.0 Å². The summed E-state index contributed by atoms with van der Waals surface area (Å²) in [7, 11) is 0. The first-order valence-corrected chi connectivity index (χ1v) is 35.8. The van der Waals surface area contributed by atoms with E-state index in [0.717, 1.165) is 95.3 Å². The Morgan fingerprint density at radius 2 is 1.01 bits per heavy atom. The maximum atomic E-state index is 12.6. The molecule has 1 N–H and O–H groups in total. The Morgan fingerprint density at radius 3 is 1.48 bits per heavy atom. The Hall–Kier alpha value is -4.28. The topological polar surface area (TPSA) is 231 Å². The van der Waals surface area contributed by atoms with Gasteiger partial charge >= 0.3 is 47.8 Å². The molecule has 13 fully saturated rings. The minimum atomic E-state index is -0.687. The van der Waals surface area contributed by atoms with Crippen LogP contribution in [0, 0.1) is 80.3 Å². The van der Waals surface area contributed by atoms with E-state index in [1.54, 1.807) is 27.7 Å². The first kappa shape index (κ1) is 74.1. The summed E-state index contributed by atoms with van der Waals surface area (Å²) in [5, 5.41) is 10.6. The van der Waals surface area contributed by atoms with Crippen molar-refractivity contribution in [2.45, 2.75) is 325 Å². The van der Waals surface area contributed by atoms with Crippen molar-refractivity contribution >= 4 is 47.8 Å². The quantitative estimate of drug-likeness (QED) is 0.0936. The van der Waals surface area contributed by atoms with Gasteiger partial charge in [0.15, 0.2) is 6.61 Å². The third-order valence-electron chi connectivity index (χ3n) is 24.7. The van der Waals surface area contributed by atoms with Gasteiger partial charge < -0.3 is 43.0 Å². The Morgan fingerprint density at radius 1 is 0.527 bits per heavy atom. The molecule has 2 saturated heterocycles. The van der Waals surface area contributed by atoms with Crippen LogP contribution in [-0.2, 0) is 76.3 Å². The number of carbonyl (C=O) groups is 8. The molecule has 91 heavy (non-hydrogen) atoms. The van der Waals surface area contributed by atoms with E-state index >= 15 is 0 Å². The number of cyclic esters (lactones) is 1. The van der Waals surface area contributed by atoms with Crippen LogP contribution >= 0.6 is 0 Å².